The lowest BCUT2D eigenvalue weighted by atomic mass is 10.2. The first-order valence-electron chi connectivity index (χ1n) is 3.59. The molecule has 0 bridgehead atoms. The third-order valence-electron chi connectivity index (χ3n) is 1.37. The van der Waals surface area contributed by atoms with Gasteiger partial charge < -0.3 is 5.11 Å². The monoisotopic (exact) mass is 213 g/mol. The second-order valence-corrected chi connectivity index (χ2v) is 2.57. The van der Waals surface area contributed by atoms with E-state index in [0.29, 0.717) is 5.56 Å². The van der Waals surface area contributed by atoms with Crippen LogP contribution in [-0.2, 0) is 0 Å². The Morgan fingerprint density at radius 3 is 3.00 bits per heavy atom. The van der Waals surface area contributed by atoms with E-state index in [4.69, 9.17) is 16.7 Å². The Kier molecular flexibility index (Phi) is 3.43. The normalized spacial score (nSPS) is 9.00. The highest BCUT2D eigenvalue weighted by Crippen LogP contribution is 2.06. The highest BCUT2D eigenvalue weighted by atomic mass is 35.5. The minimum atomic E-state index is -1.37. The number of carboxylic acids is 1. The van der Waals surface area contributed by atoms with Crippen LogP contribution in [0.4, 0.5) is 4.39 Å². The van der Waals surface area contributed by atoms with Crippen molar-refractivity contribution in [2.75, 3.05) is 5.88 Å². The lowest BCUT2D eigenvalue weighted by Crippen LogP contribution is -2.03. The molecular weight excluding hydrogens is 209 g/mol. The summed E-state index contributed by atoms with van der Waals surface area (Å²) < 4.78 is 12.8. The fourth-order valence-electron chi connectivity index (χ4n) is 0.802. The molecule has 1 heterocycles. The molecule has 72 valence electrons. The number of halogens is 2. The van der Waals surface area contributed by atoms with Gasteiger partial charge in [-0.05, 0) is 6.07 Å². The first-order valence-corrected chi connectivity index (χ1v) is 4.12. The molecule has 1 aromatic rings. The molecule has 0 aromatic carbocycles. The summed E-state index contributed by atoms with van der Waals surface area (Å²) in [5.41, 5.74) is -0.171. The first kappa shape index (κ1) is 10.5. The third kappa shape index (κ3) is 2.44. The fraction of sp³-hybridized carbons (Fsp3) is 0.111. The minimum Gasteiger partial charge on any atom is -0.478 e. The van der Waals surface area contributed by atoms with Gasteiger partial charge in [0.15, 0.2) is 0 Å². The molecule has 0 saturated heterocycles. The lowest BCUT2D eigenvalue weighted by Gasteiger charge is -1.96. The van der Waals surface area contributed by atoms with Gasteiger partial charge in [0.25, 0.3) is 0 Å². The molecule has 0 aliphatic rings. The third-order valence-corrected chi connectivity index (χ3v) is 1.50. The van der Waals surface area contributed by atoms with Gasteiger partial charge in [0.05, 0.1) is 5.88 Å². The molecule has 0 aliphatic heterocycles. The predicted octanol–water partition coefficient (Wildman–Crippen LogP) is 1.51. The van der Waals surface area contributed by atoms with Crippen LogP contribution in [0.2, 0.25) is 0 Å². The molecule has 0 aliphatic carbocycles. The molecule has 1 N–H and O–H groups in total. The predicted molar refractivity (Wildman–Crippen MR) is 48.8 cm³/mol. The lowest BCUT2D eigenvalue weighted by molar-refractivity contribution is 0.0690. The van der Waals surface area contributed by atoms with Crippen LogP contribution < -0.4 is 0 Å². The van der Waals surface area contributed by atoms with Gasteiger partial charge >= 0.3 is 5.97 Å². The van der Waals surface area contributed by atoms with Crippen LogP contribution in [-0.4, -0.2) is 21.9 Å². The fourth-order valence-corrected chi connectivity index (χ4v) is 0.869. The standard InChI is InChI=1S/C9H5ClFNO2/c10-3-1-2-6-4-7(9(13)14)8(11)12-5-6/h4-5H,3H2,(H,13,14). The molecule has 1 rings (SSSR count). The van der Waals surface area contributed by atoms with E-state index in [1.807, 2.05) is 0 Å². The van der Waals surface area contributed by atoms with Crippen LogP contribution >= 0.6 is 11.6 Å². The summed E-state index contributed by atoms with van der Waals surface area (Å²) in [5.74, 6) is 2.79. The number of aromatic nitrogens is 1. The summed E-state index contributed by atoms with van der Waals surface area (Å²) in [6.45, 7) is 0. The van der Waals surface area contributed by atoms with Crippen molar-refractivity contribution in [2.45, 2.75) is 0 Å². The number of aromatic carboxylic acids is 1. The van der Waals surface area contributed by atoms with Crippen molar-refractivity contribution in [3.63, 3.8) is 0 Å². The molecule has 0 spiro atoms. The Bertz CT molecular complexity index is 423. The van der Waals surface area contributed by atoms with Crippen molar-refractivity contribution in [1.82, 2.24) is 4.98 Å². The van der Waals surface area contributed by atoms with Crippen molar-refractivity contribution in [3.8, 4) is 11.8 Å². The van der Waals surface area contributed by atoms with Gasteiger partial charge in [-0.15, -0.1) is 11.6 Å². The summed E-state index contributed by atoms with van der Waals surface area (Å²) in [5, 5.41) is 8.56. The maximum atomic E-state index is 12.8. The van der Waals surface area contributed by atoms with Crippen molar-refractivity contribution in [1.29, 1.82) is 0 Å². The van der Waals surface area contributed by atoms with Gasteiger partial charge in [-0.3, -0.25) is 0 Å². The number of alkyl halides is 1. The van der Waals surface area contributed by atoms with E-state index in [1.54, 1.807) is 0 Å². The summed E-state index contributed by atoms with van der Waals surface area (Å²) in [7, 11) is 0. The molecule has 0 unspecified atom stereocenters. The van der Waals surface area contributed by atoms with Gasteiger partial charge in [-0.2, -0.15) is 4.39 Å². The quantitative estimate of drug-likeness (QED) is 0.437. The summed E-state index contributed by atoms with van der Waals surface area (Å²) >= 11 is 5.30. The van der Waals surface area contributed by atoms with Crippen molar-refractivity contribution >= 4 is 17.6 Å². The zero-order valence-corrected chi connectivity index (χ0v) is 7.68. The van der Waals surface area contributed by atoms with Crippen LogP contribution in [0.5, 0.6) is 0 Å². The first-order chi connectivity index (χ1) is 6.65. The summed E-state index contributed by atoms with van der Waals surface area (Å²) in [6, 6.07) is 1.12. The number of carbonyl (C=O) groups is 1. The van der Waals surface area contributed by atoms with Crippen LogP contribution in [0.25, 0.3) is 0 Å². The SMILES string of the molecule is O=C(O)c1cc(C#CCCl)cnc1F. The number of hydrogen-bond donors (Lipinski definition) is 1. The van der Waals surface area contributed by atoms with E-state index in [2.05, 4.69) is 16.8 Å². The van der Waals surface area contributed by atoms with Crippen molar-refractivity contribution in [3.05, 3.63) is 29.3 Å². The average molecular weight is 214 g/mol. The zero-order chi connectivity index (χ0) is 10.6. The molecule has 0 saturated carbocycles. The van der Waals surface area contributed by atoms with Gasteiger partial charge in [-0.25, -0.2) is 9.78 Å². The van der Waals surface area contributed by atoms with E-state index in [1.165, 1.54) is 0 Å². The Balaban J connectivity index is 3.13. The van der Waals surface area contributed by atoms with Crippen molar-refractivity contribution < 1.29 is 14.3 Å². The topological polar surface area (TPSA) is 50.2 Å². The smallest absolute Gasteiger partial charge is 0.340 e. The average Bonchev–Trinajstić information content (AvgIpc) is 2.16. The van der Waals surface area contributed by atoms with Crippen LogP contribution in [0.3, 0.4) is 0 Å². The largest absolute Gasteiger partial charge is 0.478 e. The molecule has 5 heteroatoms. The highest BCUT2D eigenvalue weighted by molar-refractivity contribution is 6.19. The Morgan fingerprint density at radius 2 is 2.43 bits per heavy atom. The van der Waals surface area contributed by atoms with Crippen molar-refractivity contribution in [2.24, 2.45) is 0 Å². The summed E-state index contributed by atoms with van der Waals surface area (Å²) in [4.78, 5) is 13.8. The van der Waals surface area contributed by atoms with Crippen LogP contribution in [0.1, 0.15) is 15.9 Å². The van der Waals surface area contributed by atoms with E-state index in [9.17, 15) is 9.18 Å². The number of hydrogen-bond acceptors (Lipinski definition) is 2. The maximum absolute atomic E-state index is 12.8. The molecule has 0 fully saturated rings. The molecule has 0 atom stereocenters. The van der Waals surface area contributed by atoms with E-state index < -0.39 is 17.5 Å². The minimum absolute atomic E-state index is 0.125. The van der Waals surface area contributed by atoms with E-state index >= 15 is 0 Å². The number of pyridine rings is 1. The number of nitrogens with zero attached hydrogens (tertiary/aromatic N) is 1. The molecule has 1 aromatic heterocycles. The molecule has 0 radical (unpaired) electrons. The van der Waals surface area contributed by atoms with Gasteiger partial charge in [0, 0.05) is 11.8 Å². The molecule has 0 amide bonds. The molecule has 14 heavy (non-hydrogen) atoms. The Hall–Kier alpha value is -1.60. The maximum Gasteiger partial charge on any atom is 0.340 e. The Morgan fingerprint density at radius 1 is 1.71 bits per heavy atom. The van der Waals surface area contributed by atoms with E-state index in [-0.39, 0.29) is 5.88 Å². The number of carboxylic acid groups (broad SMARTS) is 1. The second-order valence-electron chi connectivity index (χ2n) is 2.30. The van der Waals surface area contributed by atoms with E-state index in [0.717, 1.165) is 12.3 Å². The van der Waals surface area contributed by atoms with Crippen LogP contribution in [0, 0.1) is 17.8 Å². The van der Waals surface area contributed by atoms with Gasteiger partial charge in [-0.1, -0.05) is 11.8 Å². The van der Waals surface area contributed by atoms with Crippen LogP contribution in [0.15, 0.2) is 12.3 Å². The number of rotatable bonds is 1. The summed E-state index contributed by atoms with van der Waals surface area (Å²) in [6.07, 6.45) is 1.15. The van der Waals surface area contributed by atoms with Gasteiger partial charge in [0.2, 0.25) is 5.95 Å². The molecular formula is C9H5ClFNO2. The highest BCUT2D eigenvalue weighted by Gasteiger charge is 2.11. The second kappa shape index (κ2) is 4.58. The Labute approximate surface area is 84.5 Å². The molecule has 3 nitrogen and oxygen atoms in total. The zero-order valence-electron chi connectivity index (χ0n) is 6.92. The van der Waals surface area contributed by atoms with Gasteiger partial charge in [0.1, 0.15) is 5.56 Å².